The van der Waals surface area contributed by atoms with E-state index in [4.69, 9.17) is 38.7 Å². The lowest BCUT2D eigenvalue weighted by atomic mass is 10.0. The summed E-state index contributed by atoms with van der Waals surface area (Å²) in [5.74, 6) is 2.63. The first kappa shape index (κ1) is 65.8. The molecule has 0 aliphatic heterocycles. The smallest absolute Gasteiger partial charge is 0.146 e. The van der Waals surface area contributed by atoms with Crippen molar-refractivity contribution in [1.29, 1.82) is 0 Å². The van der Waals surface area contributed by atoms with E-state index in [0.717, 1.165) is 184 Å². The van der Waals surface area contributed by atoms with Gasteiger partial charge in [-0.2, -0.15) is 0 Å². The minimum Gasteiger partial charge on any atom is -0.455 e. The Bertz CT molecular complexity index is 7550. The van der Waals surface area contributed by atoms with Gasteiger partial charge in [0.1, 0.15) is 56.7 Å². The van der Waals surface area contributed by atoms with Crippen molar-refractivity contribution in [3.63, 3.8) is 0 Å². The Labute approximate surface area is 656 Å². The van der Waals surface area contributed by atoms with Crippen molar-refractivity contribution < 1.29 is 8.83 Å². The Morgan fingerprint density at radius 2 is 0.588 bits per heavy atom. The quantitative estimate of drug-likeness (QED) is 0.140. The van der Waals surface area contributed by atoms with Gasteiger partial charge in [0.25, 0.3) is 0 Å². The summed E-state index contributed by atoms with van der Waals surface area (Å²) in [5, 5.41) is 10.4. The van der Waals surface area contributed by atoms with Gasteiger partial charge >= 0.3 is 0 Å². The molecule has 534 valence electrons. The zero-order chi connectivity index (χ0) is 75.2. The van der Waals surface area contributed by atoms with Crippen LogP contribution in [0.5, 0.6) is 0 Å². The molecular formula is C102H63N9O2S. The molecular weight excluding hydrogens is 1420 g/mol. The predicted octanol–water partition coefficient (Wildman–Crippen LogP) is 26.8. The zero-order valence-corrected chi connectivity index (χ0v) is 61.9. The number of imidazole rings is 3. The van der Waals surface area contributed by atoms with Crippen molar-refractivity contribution in [3.8, 4) is 101 Å². The van der Waals surface area contributed by atoms with E-state index in [-0.39, 0.29) is 0 Å². The minimum absolute atomic E-state index is 0.863. The van der Waals surface area contributed by atoms with E-state index in [0.29, 0.717) is 0 Å². The zero-order valence-electron chi connectivity index (χ0n) is 61.1. The Balaban J connectivity index is 0.000000104. The number of nitrogens with zero attached hydrogens (tertiary/aromatic N) is 9. The average Bonchev–Trinajstić information content (AvgIpc) is 1.58. The monoisotopic (exact) mass is 1480 g/mol. The Morgan fingerprint density at radius 1 is 0.237 bits per heavy atom. The number of benzene rings is 12. The first-order chi connectivity index (χ1) is 56.5. The van der Waals surface area contributed by atoms with E-state index < -0.39 is 0 Å². The molecule has 0 amide bonds. The number of para-hydroxylation sites is 4. The number of pyridine rings is 6. The van der Waals surface area contributed by atoms with Gasteiger partial charge in [0.05, 0.1) is 33.6 Å². The summed E-state index contributed by atoms with van der Waals surface area (Å²) in [6.07, 6.45) is 5.53. The molecule has 0 atom stereocenters. The van der Waals surface area contributed by atoms with Gasteiger partial charge in [-0.15, -0.1) is 11.3 Å². The molecule has 11 nitrogen and oxygen atoms in total. The summed E-state index contributed by atoms with van der Waals surface area (Å²) >= 11 is 1.86. The molecule has 12 heteroatoms. The maximum absolute atomic E-state index is 6.34. The summed E-state index contributed by atoms with van der Waals surface area (Å²) in [7, 11) is 0. The maximum atomic E-state index is 6.34. The van der Waals surface area contributed by atoms with Crippen LogP contribution in [-0.4, -0.2) is 43.1 Å². The van der Waals surface area contributed by atoms with Crippen molar-refractivity contribution in [2.24, 2.45) is 0 Å². The van der Waals surface area contributed by atoms with Crippen molar-refractivity contribution in [2.75, 3.05) is 0 Å². The maximum Gasteiger partial charge on any atom is 0.146 e. The minimum atomic E-state index is 0.863. The third kappa shape index (κ3) is 11.2. The molecule has 0 aliphatic rings. The number of hydrogen-bond acceptors (Lipinski definition) is 9. The standard InChI is InChI=1S/2C34H21N3O.C34H21N3S/c1-2-9-22(10-3-1)31-29-19-18-23-13-8-20-35-33(23)37(29)34(36-31)25-12-6-11-24(21-25)26-15-7-16-28-27-14-4-5-17-30(27)38-32(26)28;2*1-2-8-23(9-3-1)31-29-20-19-24-10-7-21-35-33(24)37(29)34(36-31)25-17-15-22(16-18-25)26-12-6-13-28-27-11-4-5-14-30(27)38-32(26)28/h3*1-21H. The molecule has 0 aliphatic carbocycles. The molecule has 0 radical (unpaired) electrons. The van der Waals surface area contributed by atoms with E-state index in [9.17, 15) is 0 Å². The second kappa shape index (κ2) is 27.4. The molecule has 0 fully saturated rings. The Hall–Kier alpha value is -15.2. The molecule has 12 heterocycles. The predicted molar refractivity (Wildman–Crippen MR) is 468 cm³/mol. The number of fused-ring (bicyclic) bond motifs is 18. The van der Waals surface area contributed by atoms with Crippen LogP contribution in [0, 0.1) is 0 Å². The van der Waals surface area contributed by atoms with Gasteiger partial charge in [0.15, 0.2) is 0 Å². The summed E-state index contributed by atoms with van der Waals surface area (Å²) in [4.78, 5) is 29.8. The molecule has 24 aromatic rings. The topological polar surface area (TPSA) is 117 Å². The lowest BCUT2D eigenvalue weighted by Gasteiger charge is -2.08. The van der Waals surface area contributed by atoms with Gasteiger partial charge in [0, 0.05) is 121 Å². The van der Waals surface area contributed by atoms with Crippen molar-refractivity contribution >= 4 is 125 Å². The van der Waals surface area contributed by atoms with Crippen molar-refractivity contribution in [1.82, 2.24) is 43.1 Å². The summed E-state index contributed by atoms with van der Waals surface area (Å²) in [5.41, 5.74) is 25.4. The van der Waals surface area contributed by atoms with Crippen LogP contribution in [-0.2, 0) is 0 Å². The molecule has 0 saturated heterocycles. The van der Waals surface area contributed by atoms with E-state index in [1.54, 1.807) is 0 Å². The number of thiophene rings is 1. The fourth-order valence-electron chi connectivity index (χ4n) is 16.4. The van der Waals surface area contributed by atoms with E-state index in [1.165, 1.54) is 31.3 Å². The van der Waals surface area contributed by atoms with Crippen molar-refractivity contribution in [3.05, 3.63) is 383 Å². The molecule has 0 N–H and O–H groups in total. The third-order valence-electron chi connectivity index (χ3n) is 21.8. The molecule has 12 aromatic carbocycles. The van der Waals surface area contributed by atoms with E-state index >= 15 is 0 Å². The SMILES string of the molecule is c1ccc(-c2nc(-c3ccc(-c4cccc5c4oc4ccccc45)cc3)n3c2ccc2cccnc23)cc1.c1ccc(-c2nc(-c3ccc(-c4cccc5c4sc4ccccc45)cc3)n3c2ccc2cccnc23)cc1.c1ccc(-c2nc(-c3cccc(-c4cccc5c4oc4ccccc45)c3)n3c2ccc2cccnc23)cc1. The van der Waals surface area contributed by atoms with Crippen LogP contribution >= 0.6 is 11.3 Å². The lowest BCUT2D eigenvalue weighted by molar-refractivity contribution is 0.669. The van der Waals surface area contributed by atoms with Crippen LogP contribution in [0.1, 0.15) is 0 Å². The van der Waals surface area contributed by atoms with Crippen LogP contribution in [0.2, 0.25) is 0 Å². The first-order valence-electron chi connectivity index (χ1n) is 38.0. The largest absolute Gasteiger partial charge is 0.455 e. The normalized spacial score (nSPS) is 11.7. The van der Waals surface area contributed by atoms with Crippen LogP contribution < -0.4 is 0 Å². The second-order valence-electron chi connectivity index (χ2n) is 28.4. The number of furan rings is 2. The van der Waals surface area contributed by atoms with Gasteiger partial charge < -0.3 is 8.83 Å². The number of hydrogen-bond donors (Lipinski definition) is 0. The first-order valence-corrected chi connectivity index (χ1v) is 38.8. The van der Waals surface area contributed by atoms with Gasteiger partial charge in [0.2, 0.25) is 0 Å². The Kier molecular flexibility index (Phi) is 15.8. The van der Waals surface area contributed by atoms with Crippen LogP contribution in [0.25, 0.3) is 215 Å². The number of rotatable bonds is 9. The average molecular weight is 1480 g/mol. The van der Waals surface area contributed by atoms with Crippen LogP contribution in [0.3, 0.4) is 0 Å². The highest BCUT2D eigenvalue weighted by Crippen LogP contribution is 2.44. The third-order valence-corrected chi connectivity index (χ3v) is 23.0. The molecule has 0 spiro atoms. The second-order valence-corrected chi connectivity index (χ2v) is 29.5. The fraction of sp³-hybridized carbons (Fsp3) is 0. The molecule has 0 bridgehead atoms. The highest BCUT2D eigenvalue weighted by atomic mass is 32.1. The van der Waals surface area contributed by atoms with Crippen LogP contribution in [0.4, 0.5) is 0 Å². The molecule has 114 heavy (non-hydrogen) atoms. The van der Waals surface area contributed by atoms with Crippen LogP contribution in [0.15, 0.2) is 391 Å². The molecule has 0 saturated carbocycles. The molecule has 24 rings (SSSR count). The van der Waals surface area contributed by atoms with Crippen molar-refractivity contribution in [2.45, 2.75) is 0 Å². The highest BCUT2D eigenvalue weighted by Gasteiger charge is 2.24. The summed E-state index contributed by atoms with van der Waals surface area (Å²) in [6, 6.07) is 126. The summed E-state index contributed by atoms with van der Waals surface area (Å²) in [6.45, 7) is 0. The van der Waals surface area contributed by atoms with Gasteiger partial charge in [-0.1, -0.05) is 267 Å². The lowest BCUT2D eigenvalue weighted by Crippen LogP contribution is -1.94. The Morgan fingerprint density at radius 3 is 1.06 bits per heavy atom. The number of aromatic nitrogens is 9. The molecule has 12 aromatic heterocycles. The van der Waals surface area contributed by atoms with E-state index in [1.807, 2.05) is 115 Å². The highest BCUT2D eigenvalue weighted by molar-refractivity contribution is 7.26. The van der Waals surface area contributed by atoms with E-state index in [2.05, 4.69) is 292 Å². The van der Waals surface area contributed by atoms with Gasteiger partial charge in [-0.25, -0.2) is 29.9 Å². The van der Waals surface area contributed by atoms with Gasteiger partial charge in [-0.3, -0.25) is 13.2 Å². The summed E-state index contributed by atoms with van der Waals surface area (Å²) < 4.78 is 21.8. The molecule has 0 unspecified atom stereocenters. The van der Waals surface area contributed by atoms with Gasteiger partial charge in [-0.05, 0) is 119 Å². The fourth-order valence-corrected chi connectivity index (χ4v) is 17.7.